The van der Waals surface area contributed by atoms with Crippen LogP contribution in [-0.2, 0) is 12.8 Å². The maximum atomic E-state index is 11.4. The van der Waals surface area contributed by atoms with Gasteiger partial charge >= 0.3 is 0 Å². The zero-order chi connectivity index (χ0) is 14.1. The molecule has 0 fully saturated rings. The van der Waals surface area contributed by atoms with Crippen molar-refractivity contribution in [3.63, 3.8) is 0 Å². The quantitative estimate of drug-likeness (QED) is 0.678. The number of nitrogens with zero attached hydrogens (tertiary/aromatic N) is 5. The molecular weight excluding hydrogens is 254 g/mol. The molecule has 0 N–H and O–H groups in total. The molecule has 3 aromatic rings. The number of imidazole rings is 1. The Morgan fingerprint density at radius 1 is 1.20 bits per heavy atom. The van der Waals surface area contributed by atoms with Gasteiger partial charge in [-0.25, -0.2) is 9.97 Å². The number of carbonyl (C=O) groups excluding carboxylic acids is 1. The standard InChI is InChI=1S/C14H15N5O/c1-3-11-15-12(4-2)19(17-11)14-10(9-20)18-8-6-5-7-13(18)16-14/h5-9H,3-4H2,1-2H3. The average molecular weight is 269 g/mol. The first-order chi connectivity index (χ1) is 9.78. The minimum Gasteiger partial charge on any atom is -0.296 e. The molecular formula is C14H15N5O. The molecule has 20 heavy (non-hydrogen) atoms. The van der Waals surface area contributed by atoms with Crippen LogP contribution < -0.4 is 0 Å². The van der Waals surface area contributed by atoms with Crippen LogP contribution in [0.1, 0.15) is 36.0 Å². The van der Waals surface area contributed by atoms with Gasteiger partial charge in [0.05, 0.1) is 0 Å². The highest BCUT2D eigenvalue weighted by Gasteiger charge is 2.17. The molecule has 0 amide bonds. The van der Waals surface area contributed by atoms with Crippen LogP contribution in [0, 0.1) is 0 Å². The summed E-state index contributed by atoms with van der Waals surface area (Å²) in [5, 5.41) is 4.44. The van der Waals surface area contributed by atoms with E-state index in [2.05, 4.69) is 15.1 Å². The van der Waals surface area contributed by atoms with Crippen molar-refractivity contribution in [2.45, 2.75) is 26.7 Å². The SMILES string of the molecule is CCc1nc(CC)n(-c2nc3ccccn3c2C=O)n1. The third-order valence-corrected chi connectivity index (χ3v) is 3.21. The van der Waals surface area contributed by atoms with Gasteiger partial charge in [-0.05, 0) is 12.1 Å². The van der Waals surface area contributed by atoms with Gasteiger partial charge in [-0.1, -0.05) is 19.9 Å². The molecule has 0 unspecified atom stereocenters. The van der Waals surface area contributed by atoms with Crippen LogP contribution in [0.15, 0.2) is 24.4 Å². The van der Waals surface area contributed by atoms with E-state index in [0.717, 1.165) is 36.4 Å². The lowest BCUT2D eigenvalue weighted by Crippen LogP contribution is -2.06. The summed E-state index contributed by atoms with van der Waals surface area (Å²) in [6.07, 6.45) is 4.11. The highest BCUT2D eigenvalue weighted by atomic mass is 16.1. The van der Waals surface area contributed by atoms with Gasteiger partial charge in [-0.15, -0.1) is 5.10 Å². The summed E-state index contributed by atoms with van der Waals surface area (Å²) in [7, 11) is 0. The van der Waals surface area contributed by atoms with E-state index in [1.807, 2.05) is 38.2 Å². The van der Waals surface area contributed by atoms with Crippen molar-refractivity contribution in [3.05, 3.63) is 41.7 Å². The Labute approximate surface area is 116 Å². The second-order valence-electron chi connectivity index (χ2n) is 4.43. The van der Waals surface area contributed by atoms with Gasteiger partial charge in [0.1, 0.15) is 17.2 Å². The van der Waals surface area contributed by atoms with E-state index in [9.17, 15) is 4.79 Å². The number of carbonyl (C=O) groups is 1. The van der Waals surface area contributed by atoms with Crippen molar-refractivity contribution in [1.82, 2.24) is 24.1 Å². The first-order valence-electron chi connectivity index (χ1n) is 6.66. The smallest absolute Gasteiger partial charge is 0.185 e. The van der Waals surface area contributed by atoms with Gasteiger partial charge in [0.15, 0.2) is 17.9 Å². The summed E-state index contributed by atoms with van der Waals surface area (Å²) < 4.78 is 3.44. The lowest BCUT2D eigenvalue weighted by Gasteiger charge is -2.00. The fourth-order valence-electron chi connectivity index (χ4n) is 2.21. The van der Waals surface area contributed by atoms with E-state index < -0.39 is 0 Å². The summed E-state index contributed by atoms with van der Waals surface area (Å²) in [6, 6.07) is 5.62. The molecule has 0 bridgehead atoms. The summed E-state index contributed by atoms with van der Waals surface area (Å²) in [5.41, 5.74) is 1.21. The van der Waals surface area contributed by atoms with Gasteiger partial charge < -0.3 is 0 Å². The van der Waals surface area contributed by atoms with Crippen LogP contribution in [0.2, 0.25) is 0 Å². The molecule has 3 aromatic heterocycles. The highest BCUT2D eigenvalue weighted by molar-refractivity contribution is 5.79. The number of hydrogen-bond acceptors (Lipinski definition) is 4. The maximum absolute atomic E-state index is 11.4. The van der Waals surface area contributed by atoms with E-state index in [1.165, 1.54) is 0 Å². The summed E-state index contributed by atoms with van der Waals surface area (Å²) >= 11 is 0. The van der Waals surface area contributed by atoms with E-state index in [1.54, 1.807) is 9.08 Å². The van der Waals surface area contributed by atoms with Gasteiger partial charge in [-0.3, -0.25) is 9.20 Å². The van der Waals surface area contributed by atoms with Crippen LogP contribution in [0.4, 0.5) is 0 Å². The van der Waals surface area contributed by atoms with Crippen LogP contribution in [0.3, 0.4) is 0 Å². The Balaban J connectivity index is 2.28. The van der Waals surface area contributed by atoms with Gasteiger partial charge in [0.25, 0.3) is 0 Å². The van der Waals surface area contributed by atoms with Crippen LogP contribution in [0.5, 0.6) is 0 Å². The molecule has 102 valence electrons. The van der Waals surface area contributed by atoms with Crippen molar-refractivity contribution in [2.24, 2.45) is 0 Å². The number of aldehydes is 1. The number of aryl methyl sites for hydroxylation is 2. The van der Waals surface area contributed by atoms with E-state index in [0.29, 0.717) is 11.5 Å². The fourth-order valence-corrected chi connectivity index (χ4v) is 2.21. The highest BCUT2D eigenvalue weighted by Crippen LogP contribution is 2.16. The van der Waals surface area contributed by atoms with Gasteiger partial charge in [0, 0.05) is 19.0 Å². The Bertz CT molecular complexity index is 771. The second kappa shape index (κ2) is 4.88. The predicted octanol–water partition coefficient (Wildman–Crippen LogP) is 1.85. The number of hydrogen-bond donors (Lipinski definition) is 0. The van der Waals surface area contributed by atoms with Crippen molar-refractivity contribution >= 4 is 11.9 Å². The number of aromatic nitrogens is 5. The zero-order valence-electron chi connectivity index (χ0n) is 11.4. The molecule has 3 rings (SSSR count). The van der Waals surface area contributed by atoms with Crippen molar-refractivity contribution < 1.29 is 4.79 Å². The normalized spacial score (nSPS) is 11.1. The van der Waals surface area contributed by atoms with Crippen molar-refractivity contribution in [3.8, 4) is 5.82 Å². The maximum Gasteiger partial charge on any atom is 0.185 e. The molecule has 0 spiro atoms. The van der Waals surface area contributed by atoms with E-state index >= 15 is 0 Å². The summed E-state index contributed by atoms with van der Waals surface area (Å²) in [6.45, 7) is 4.01. The predicted molar refractivity (Wildman–Crippen MR) is 74.3 cm³/mol. The minimum absolute atomic E-state index is 0.489. The molecule has 0 aliphatic heterocycles. The van der Waals surface area contributed by atoms with Crippen LogP contribution >= 0.6 is 0 Å². The molecule has 0 aromatic carbocycles. The number of fused-ring (bicyclic) bond motifs is 1. The molecule has 0 saturated carbocycles. The van der Waals surface area contributed by atoms with Gasteiger partial charge in [-0.2, -0.15) is 4.68 Å². The number of rotatable bonds is 4. The molecule has 0 aliphatic carbocycles. The molecule has 0 atom stereocenters. The first-order valence-corrected chi connectivity index (χ1v) is 6.66. The fraction of sp³-hybridized carbons (Fsp3) is 0.286. The van der Waals surface area contributed by atoms with Gasteiger partial charge in [0.2, 0.25) is 0 Å². The lowest BCUT2D eigenvalue weighted by molar-refractivity contribution is 0.111. The molecule has 3 heterocycles. The topological polar surface area (TPSA) is 65.1 Å². The Morgan fingerprint density at radius 2 is 2.05 bits per heavy atom. The largest absolute Gasteiger partial charge is 0.296 e. The summed E-state index contributed by atoms with van der Waals surface area (Å²) in [4.78, 5) is 20.4. The average Bonchev–Trinajstić information content (AvgIpc) is 3.07. The summed E-state index contributed by atoms with van der Waals surface area (Å²) in [5.74, 6) is 2.11. The second-order valence-corrected chi connectivity index (χ2v) is 4.43. The Kier molecular flexibility index (Phi) is 3.06. The lowest BCUT2D eigenvalue weighted by atomic mass is 10.4. The Hall–Kier alpha value is -2.50. The van der Waals surface area contributed by atoms with Crippen LogP contribution in [0.25, 0.3) is 11.5 Å². The van der Waals surface area contributed by atoms with Crippen molar-refractivity contribution in [1.29, 1.82) is 0 Å². The third kappa shape index (κ3) is 1.80. The monoisotopic (exact) mass is 269 g/mol. The van der Waals surface area contributed by atoms with E-state index in [4.69, 9.17) is 0 Å². The molecule has 6 nitrogen and oxygen atoms in total. The first kappa shape index (κ1) is 12.5. The Morgan fingerprint density at radius 3 is 2.75 bits per heavy atom. The molecule has 6 heteroatoms. The van der Waals surface area contributed by atoms with E-state index in [-0.39, 0.29) is 0 Å². The zero-order valence-corrected chi connectivity index (χ0v) is 11.4. The third-order valence-electron chi connectivity index (χ3n) is 3.21. The number of pyridine rings is 1. The van der Waals surface area contributed by atoms with Crippen molar-refractivity contribution in [2.75, 3.05) is 0 Å². The molecule has 0 aliphatic rings. The van der Waals surface area contributed by atoms with Crippen LogP contribution in [-0.4, -0.2) is 30.4 Å². The molecule has 0 radical (unpaired) electrons. The minimum atomic E-state index is 0.489. The molecule has 0 saturated heterocycles.